The molecule has 21 heavy (non-hydrogen) atoms. The molecule has 0 radical (unpaired) electrons. The summed E-state index contributed by atoms with van der Waals surface area (Å²) >= 11 is 11.5. The largest absolute Gasteiger partial charge is 0.246 e. The predicted molar refractivity (Wildman–Crippen MR) is 76.8 cm³/mol. The summed E-state index contributed by atoms with van der Waals surface area (Å²) in [6, 6.07) is 7.34. The van der Waals surface area contributed by atoms with E-state index >= 15 is 0 Å². The quantitative estimate of drug-likeness (QED) is 0.911. The fraction of sp³-hybridized carbons (Fsp3) is 0.0769. The highest BCUT2D eigenvalue weighted by atomic mass is 35.5. The van der Waals surface area contributed by atoms with Crippen molar-refractivity contribution in [3.63, 3.8) is 0 Å². The molecule has 2 aromatic rings. The molecule has 0 bridgehead atoms. The van der Waals surface area contributed by atoms with E-state index in [1.807, 2.05) is 0 Å². The standard InChI is InChI=1S/C13H9Cl2F2NO2S/c14-9-5-4-8(6-10(9)15)7-18-21(19,20)13-11(16)2-1-3-12(13)17/h1-6,18H,7H2. The maximum Gasteiger partial charge on any atom is 0.246 e. The summed E-state index contributed by atoms with van der Waals surface area (Å²) in [5, 5.41) is 0.578. The summed E-state index contributed by atoms with van der Waals surface area (Å²) in [4.78, 5) is -1.01. The smallest absolute Gasteiger partial charge is 0.207 e. The van der Waals surface area contributed by atoms with Crippen molar-refractivity contribution >= 4 is 33.2 Å². The van der Waals surface area contributed by atoms with Crippen molar-refractivity contribution in [3.8, 4) is 0 Å². The summed E-state index contributed by atoms with van der Waals surface area (Å²) < 4.78 is 53.0. The van der Waals surface area contributed by atoms with Gasteiger partial charge in [0.1, 0.15) is 11.6 Å². The first-order chi connectivity index (χ1) is 9.81. The third-order valence-corrected chi connectivity index (χ3v) is 4.83. The number of benzene rings is 2. The Balaban J connectivity index is 2.24. The van der Waals surface area contributed by atoms with Crippen molar-refractivity contribution in [2.75, 3.05) is 0 Å². The highest BCUT2D eigenvalue weighted by molar-refractivity contribution is 7.89. The molecule has 2 aromatic carbocycles. The second-order valence-electron chi connectivity index (χ2n) is 4.12. The zero-order valence-electron chi connectivity index (χ0n) is 10.4. The molecule has 0 saturated heterocycles. The van der Waals surface area contributed by atoms with Crippen LogP contribution in [0.4, 0.5) is 8.78 Å². The molecule has 0 unspecified atom stereocenters. The molecule has 0 aromatic heterocycles. The van der Waals surface area contributed by atoms with Gasteiger partial charge in [-0.3, -0.25) is 0 Å². The van der Waals surface area contributed by atoms with Crippen LogP contribution in [0.15, 0.2) is 41.3 Å². The highest BCUT2D eigenvalue weighted by Crippen LogP contribution is 2.23. The zero-order chi connectivity index (χ0) is 15.6. The highest BCUT2D eigenvalue weighted by Gasteiger charge is 2.23. The van der Waals surface area contributed by atoms with Crippen molar-refractivity contribution in [2.45, 2.75) is 11.4 Å². The molecule has 0 heterocycles. The minimum absolute atomic E-state index is 0.174. The van der Waals surface area contributed by atoms with Crippen LogP contribution in [0.25, 0.3) is 0 Å². The van der Waals surface area contributed by atoms with E-state index in [1.165, 1.54) is 12.1 Å². The van der Waals surface area contributed by atoms with E-state index in [4.69, 9.17) is 23.2 Å². The van der Waals surface area contributed by atoms with Gasteiger partial charge in [-0.1, -0.05) is 35.3 Å². The predicted octanol–water partition coefficient (Wildman–Crippen LogP) is 3.75. The van der Waals surface area contributed by atoms with Crippen LogP contribution in [-0.2, 0) is 16.6 Å². The van der Waals surface area contributed by atoms with Gasteiger partial charge in [0.25, 0.3) is 0 Å². The van der Waals surface area contributed by atoms with Gasteiger partial charge < -0.3 is 0 Å². The molecule has 0 fully saturated rings. The summed E-state index contributed by atoms with van der Waals surface area (Å²) in [7, 11) is -4.32. The topological polar surface area (TPSA) is 46.2 Å². The van der Waals surface area contributed by atoms with Crippen molar-refractivity contribution in [1.29, 1.82) is 0 Å². The van der Waals surface area contributed by atoms with E-state index in [9.17, 15) is 17.2 Å². The normalized spacial score (nSPS) is 11.6. The number of hydrogen-bond donors (Lipinski definition) is 1. The van der Waals surface area contributed by atoms with Crippen LogP contribution in [0.1, 0.15) is 5.56 Å². The SMILES string of the molecule is O=S(=O)(NCc1ccc(Cl)c(Cl)c1)c1c(F)cccc1F. The average Bonchev–Trinajstić information content (AvgIpc) is 2.40. The first-order valence-electron chi connectivity index (χ1n) is 5.69. The maximum atomic E-state index is 13.5. The van der Waals surface area contributed by atoms with Crippen LogP contribution in [-0.4, -0.2) is 8.42 Å². The third kappa shape index (κ3) is 3.71. The van der Waals surface area contributed by atoms with Crippen LogP contribution in [0.3, 0.4) is 0 Å². The molecular formula is C13H9Cl2F2NO2S. The molecule has 0 aliphatic rings. The zero-order valence-corrected chi connectivity index (χ0v) is 12.7. The van der Waals surface area contributed by atoms with Gasteiger partial charge in [0.2, 0.25) is 10.0 Å². The number of sulfonamides is 1. The molecule has 0 amide bonds. The second-order valence-corrected chi connectivity index (χ2v) is 6.64. The van der Waals surface area contributed by atoms with Gasteiger partial charge in [0.15, 0.2) is 4.90 Å². The molecule has 0 saturated carbocycles. The van der Waals surface area contributed by atoms with E-state index in [-0.39, 0.29) is 11.6 Å². The Bertz CT molecular complexity index is 761. The lowest BCUT2D eigenvalue weighted by atomic mass is 10.2. The Morgan fingerprint density at radius 1 is 1.00 bits per heavy atom. The molecule has 0 aliphatic heterocycles. The monoisotopic (exact) mass is 351 g/mol. The Labute approximate surface area is 130 Å². The van der Waals surface area contributed by atoms with Crippen LogP contribution < -0.4 is 4.72 Å². The van der Waals surface area contributed by atoms with Crippen molar-refractivity contribution in [1.82, 2.24) is 4.72 Å². The summed E-state index contributed by atoms with van der Waals surface area (Å²) in [5.41, 5.74) is 0.504. The molecule has 2 rings (SSSR count). The van der Waals surface area contributed by atoms with Crippen LogP contribution in [0.2, 0.25) is 10.0 Å². The van der Waals surface area contributed by atoms with Gasteiger partial charge >= 0.3 is 0 Å². The van der Waals surface area contributed by atoms with E-state index in [0.29, 0.717) is 10.6 Å². The number of rotatable bonds is 4. The number of halogens is 4. The average molecular weight is 352 g/mol. The number of hydrogen-bond acceptors (Lipinski definition) is 2. The third-order valence-electron chi connectivity index (χ3n) is 2.64. The first kappa shape index (κ1) is 16.2. The molecule has 112 valence electrons. The first-order valence-corrected chi connectivity index (χ1v) is 7.93. The van der Waals surface area contributed by atoms with E-state index in [1.54, 1.807) is 6.07 Å². The van der Waals surface area contributed by atoms with Crippen molar-refractivity contribution in [3.05, 3.63) is 63.6 Å². The number of nitrogens with one attached hydrogen (secondary N) is 1. The van der Waals surface area contributed by atoms with Gasteiger partial charge in [-0.05, 0) is 29.8 Å². The van der Waals surface area contributed by atoms with Gasteiger partial charge in [-0.15, -0.1) is 0 Å². The minimum Gasteiger partial charge on any atom is -0.207 e. The van der Waals surface area contributed by atoms with Gasteiger partial charge in [0.05, 0.1) is 10.0 Å². The van der Waals surface area contributed by atoms with E-state index < -0.39 is 26.6 Å². The summed E-state index contributed by atoms with van der Waals surface area (Å²) in [6.45, 7) is -0.174. The van der Waals surface area contributed by atoms with Crippen molar-refractivity contribution in [2.24, 2.45) is 0 Å². The van der Waals surface area contributed by atoms with Gasteiger partial charge in [0, 0.05) is 6.54 Å². The molecule has 8 heteroatoms. The molecular weight excluding hydrogens is 343 g/mol. The van der Waals surface area contributed by atoms with Crippen LogP contribution >= 0.6 is 23.2 Å². The van der Waals surface area contributed by atoms with Crippen LogP contribution in [0, 0.1) is 11.6 Å². The van der Waals surface area contributed by atoms with Gasteiger partial charge in [-0.25, -0.2) is 21.9 Å². The van der Waals surface area contributed by atoms with Crippen molar-refractivity contribution < 1.29 is 17.2 Å². The maximum absolute atomic E-state index is 13.5. The fourth-order valence-electron chi connectivity index (χ4n) is 1.64. The Hall–Kier alpha value is -1.21. The van der Waals surface area contributed by atoms with Crippen LogP contribution in [0.5, 0.6) is 0 Å². The molecule has 0 aliphatic carbocycles. The Morgan fingerprint density at radius 2 is 1.62 bits per heavy atom. The molecule has 0 atom stereocenters. The van der Waals surface area contributed by atoms with E-state index in [0.717, 1.165) is 18.2 Å². The Kier molecular flexibility index (Phi) is 4.83. The Morgan fingerprint density at radius 3 is 2.19 bits per heavy atom. The molecule has 3 nitrogen and oxygen atoms in total. The summed E-state index contributed by atoms with van der Waals surface area (Å²) in [5.74, 6) is -2.31. The second kappa shape index (κ2) is 6.27. The lowest BCUT2D eigenvalue weighted by Gasteiger charge is -2.09. The minimum atomic E-state index is -4.32. The lowest BCUT2D eigenvalue weighted by Crippen LogP contribution is -2.25. The molecule has 1 N–H and O–H groups in total. The molecule has 0 spiro atoms. The summed E-state index contributed by atoms with van der Waals surface area (Å²) in [6.07, 6.45) is 0. The fourth-order valence-corrected chi connectivity index (χ4v) is 3.11. The lowest BCUT2D eigenvalue weighted by molar-refractivity contribution is 0.514. The van der Waals surface area contributed by atoms with Gasteiger partial charge in [-0.2, -0.15) is 0 Å². The van der Waals surface area contributed by atoms with E-state index in [2.05, 4.69) is 4.72 Å².